The van der Waals surface area contributed by atoms with E-state index >= 15 is 0 Å². The van der Waals surface area contributed by atoms with Crippen LogP contribution < -0.4 is 11.1 Å². The summed E-state index contributed by atoms with van der Waals surface area (Å²) in [7, 11) is 0. The summed E-state index contributed by atoms with van der Waals surface area (Å²) in [6.45, 7) is 4.08. The van der Waals surface area contributed by atoms with E-state index in [1.54, 1.807) is 0 Å². The van der Waals surface area contributed by atoms with Crippen LogP contribution in [0, 0.1) is 16.0 Å². The van der Waals surface area contributed by atoms with Gasteiger partial charge in [-0.25, -0.2) is 4.98 Å². The predicted molar refractivity (Wildman–Crippen MR) is 71.0 cm³/mol. The molecule has 104 valence electrons. The molecule has 0 spiro atoms. The number of rotatable bonds is 5. The highest BCUT2D eigenvalue weighted by atomic mass is 35.5. The Morgan fingerprint density at radius 1 is 1.63 bits per heavy atom. The van der Waals surface area contributed by atoms with Crippen molar-refractivity contribution in [2.24, 2.45) is 11.7 Å². The topological polar surface area (TPSA) is 111 Å². The van der Waals surface area contributed by atoms with E-state index in [-0.39, 0.29) is 34.9 Å². The fourth-order valence-electron chi connectivity index (χ4n) is 1.44. The fraction of sp³-hybridized carbons (Fsp3) is 0.455. The van der Waals surface area contributed by atoms with Gasteiger partial charge in [0, 0.05) is 18.7 Å². The van der Waals surface area contributed by atoms with Gasteiger partial charge in [0.25, 0.3) is 11.6 Å². The molecule has 7 nitrogen and oxygen atoms in total. The van der Waals surface area contributed by atoms with Crippen molar-refractivity contribution < 1.29 is 9.72 Å². The predicted octanol–water partition coefficient (Wildman–Crippen LogP) is 1.36. The van der Waals surface area contributed by atoms with Crippen LogP contribution in [0.4, 0.5) is 5.69 Å². The molecule has 0 radical (unpaired) electrons. The van der Waals surface area contributed by atoms with E-state index in [2.05, 4.69) is 10.3 Å². The minimum Gasteiger partial charge on any atom is -0.348 e. The smallest absolute Gasteiger partial charge is 0.288 e. The normalized spacial score (nSPS) is 12.3. The van der Waals surface area contributed by atoms with Gasteiger partial charge in [0.05, 0.1) is 10.5 Å². The van der Waals surface area contributed by atoms with Gasteiger partial charge in [-0.05, 0) is 5.92 Å². The molecule has 0 aromatic carbocycles. The van der Waals surface area contributed by atoms with E-state index in [4.69, 9.17) is 17.3 Å². The number of halogens is 1. The molecule has 0 aliphatic carbocycles. The van der Waals surface area contributed by atoms with Crippen LogP contribution in [0.1, 0.15) is 24.2 Å². The highest BCUT2D eigenvalue weighted by Gasteiger charge is 2.20. The SMILES string of the molecule is CC(C)C(CN)NC(=O)c1cc([N+](=O)[O-])cnc1Cl. The van der Waals surface area contributed by atoms with Crippen LogP contribution in [0.3, 0.4) is 0 Å². The lowest BCUT2D eigenvalue weighted by atomic mass is 10.0. The van der Waals surface area contributed by atoms with Crippen molar-refractivity contribution in [3.05, 3.63) is 33.1 Å². The van der Waals surface area contributed by atoms with Crippen molar-refractivity contribution in [1.82, 2.24) is 10.3 Å². The quantitative estimate of drug-likeness (QED) is 0.482. The first-order chi connectivity index (χ1) is 8.86. The molecule has 1 aromatic heterocycles. The molecular formula is C11H15ClN4O3. The first-order valence-corrected chi connectivity index (χ1v) is 6.05. The van der Waals surface area contributed by atoms with E-state index in [0.29, 0.717) is 0 Å². The molecule has 1 rings (SSSR count). The lowest BCUT2D eigenvalue weighted by Gasteiger charge is -2.20. The average molecular weight is 287 g/mol. The number of nitrogens with two attached hydrogens (primary N) is 1. The summed E-state index contributed by atoms with van der Waals surface area (Å²) in [4.78, 5) is 25.6. The Hall–Kier alpha value is -1.73. The second-order valence-corrected chi connectivity index (χ2v) is 4.71. The van der Waals surface area contributed by atoms with Crippen LogP contribution >= 0.6 is 11.6 Å². The monoisotopic (exact) mass is 286 g/mol. The number of nitro groups is 1. The maximum absolute atomic E-state index is 12.0. The van der Waals surface area contributed by atoms with Crippen LogP contribution in [0.2, 0.25) is 5.15 Å². The Labute approximate surface area is 115 Å². The average Bonchev–Trinajstić information content (AvgIpc) is 2.35. The van der Waals surface area contributed by atoms with E-state index in [1.807, 2.05) is 13.8 Å². The second-order valence-electron chi connectivity index (χ2n) is 4.35. The maximum Gasteiger partial charge on any atom is 0.288 e. The van der Waals surface area contributed by atoms with Crippen molar-refractivity contribution in [3.63, 3.8) is 0 Å². The van der Waals surface area contributed by atoms with Crippen LogP contribution in [0.25, 0.3) is 0 Å². The van der Waals surface area contributed by atoms with Gasteiger partial charge in [0.15, 0.2) is 0 Å². The van der Waals surface area contributed by atoms with Crippen LogP contribution in [-0.2, 0) is 0 Å². The molecule has 1 aromatic rings. The summed E-state index contributed by atoms with van der Waals surface area (Å²) in [5.74, 6) is -0.385. The molecule has 0 aliphatic rings. The van der Waals surface area contributed by atoms with E-state index in [9.17, 15) is 14.9 Å². The minimum atomic E-state index is -0.636. The van der Waals surface area contributed by atoms with Crippen molar-refractivity contribution in [2.75, 3.05) is 6.54 Å². The molecule has 1 atom stereocenters. The van der Waals surface area contributed by atoms with Crippen molar-refractivity contribution in [3.8, 4) is 0 Å². The summed E-state index contributed by atoms with van der Waals surface area (Å²) in [6, 6.07) is 0.862. The Kier molecular flexibility index (Phi) is 5.20. The number of carbonyl (C=O) groups is 1. The fourth-order valence-corrected chi connectivity index (χ4v) is 1.63. The third kappa shape index (κ3) is 3.87. The molecule has 19 heavy (non-hydrogen) atoms. The number of hydrogen-bond donors (Lipinski definition) is 2. The third-order valence-electron chi connectivity index (χ3n) is 2.66. The van der Waals surface area contributed by atoms with Crippen LogP contribution in [-0.4, -0.2) is 28.4 Å². The number of nitrogens with one attached hydrogen (secondary N) is 1. The van der Waals surface area contributed by atoms with Crippen molar-refractivity contribution in [2.45, 2.75) is 19.9 Å². The summed E-state index contributed by atoms with van der Waals surface area (Å²) in [5, 5.41) is 13.2. The summed E-state index contributed by atoms with van der Waals surface area (Å²) < 4.78 is 0. The standard InChI is InChI=1S/C11H15ClN4O3/c1-6(2)9(4-13)15-11(17)8-3-7(16(18)19)5-14-10(8)12/h3,5-6,9H,4,13H2,1-2H3,(H,15,17). The molecule has 3 N–H and O–H groups in total. The maximum atomic E-state index is 12.0. The zero-order valence-electron chi connectivity index (χ0n) is 10.6. The highest BCUT2D eigenvalue weighted by Crippen LogP contribution is 2.19. The summed E-state index contributed by atoms with van der Waals surface area (Å²) >= 11 is 5.78. The van der Waals surface area contributed by atoms with Gasteiger partial charge in [0.2, 0.25) is 0 Å². The third-order valence-corrected chi connectivity index (χ3v) is 2.96. The van der Waals surface area contributed by atoms with E-state index in [0.717, 1.165) is 12.3 Å². The number of aromatic nitrogens is 1. The molecule has 0 saturated carbocycles. The number of pyridine rings is 1. The molecule has 8 heteroatoms. The summed E-state index contributed by atoms with van der Waals surface area (Å²) in [5.41, 5.74) is 5.22. The van der Waals surface area contributed by atoms with Gasteiger partial charge in [-0.3, -0.25) is 14.9 Å². The number of carbonyl (C=O) groups excluding carboxylic acids is 1. The molecule has 0 saturated heterocycles. The largest absolute Gasteiger partial charge is 0.348 e. The zero-order valence-corrected chi connectivity index (χ0v) is 11.3. The number of hydrogen-bond acceptors (Lipinski definition) is 5. The van der Waals surface area contributed by atoms with Crippen LogP contribution in [0.5, 0.6) is 0 Å². The van der Waals surface area contributed by atoms with Gasteiger partial charge < -0.3 is 11.1 Å². The molecule has 0 bridgehead atoms. The van der Waals surface area contributed by atoms with Gasteiger partial charge in [-0.1, -0.05) is 25.4 Å². The van der Waals surface area contributed by atoms with Gasteiger partial charge in [0.1, 0.15) is 11.3 Å². The molecular weight excluding hydrogens is 272 g/mol. The van der Waals surface area contributed by atoms with Crippen molar-refractivity contribution in [1.29, 1.82) is 0 Å². The van der Waals surface area contributed by atoms with Crippen molar-refractivity contribution >= 4 is 23.2 Å². The minimum absolute atomic E-state index is 0.0324. The number of nitrogens with zero attached hydrogens (tertiary/aromatic N) is 2. The molecule has 1 heterocycles. The number of amides is 1. The zero-order chi connectivity index (χ0) is 14.6. The van der Waals surface area contributed by atoms with Crippen LogP contribution in [0.15, 0.2) is 12.3 Å². The Morgan fingerprint density at radius 2 is 2.26 bits per heavy atom. The Morgan fingerprint density at radius 3 is 2.74 bits per heavy atom. The first kappa shape index (κ1) is 15.3. The lowest BCUT2D eigenvalue weighted by molar-refractivity contribution is -0.385. The lowest BCUT2D eigenvalue weighted by Crippen LogP contribution is -2.43. The first-order valence-electron chi connectivity index (χ1n) is 5.67. The van der Waals surface area contributed by atoms with Gasteiger partial charge >= 0.3 is 0 Å². The van der Waals surface area contributed by atoms with E-state index < -0.39 is 10.8 Å². The second kappa shape index (κ2) is 6.44. The van der Waals surface area contributed by atoms with E-state index in [1.165, 1.54) is 0 Å². The highest BCUT2D eigenvalue weighted by molar-refractivity contribution is 6.32. The Bertz CT molecular complexity index is 493. The van der Waals surface area contributed by atoms with Gasteiger partial charge in [-0.15, -0.1) is 0 Å². The molecule has 0 aliphatic heterocycles. The molecule has 0 fully saturated rings. The molecule has 1 amide bonds. The summed E-state index contributed by atoms with van der Waals surface area (Å²) in [6.07, 6.45) is 1.00. The Balaban J connectivity index is 2.99. The van der Waals surface area contributed by atoms with Gasteiger partial charge in [-0.2, -0.15) is 0 Å². The molecule has 1 unspecified atom stereocenters.